The quantitative estimate of drug-likeness (QED) is 0.550. The first-order chi connectivity index (χ1) is 9.71. The molecular weight excluding hydrogens is 248 g/mol. The van der Waals surface area contributed by atoms with Crippen molar-refractivity contribution in [2.24, 2.45) is 10.7 Å². The Hall–Kier alpha value is -0.770. The summed E-state index contributed by atoms with van der Waals surface area (Å²) in [6.45, 7) is 12.0. The second-order valence-electron chi connectivity index (χ2n) is 5.74. The molecule has 4 heteroatoms. The van der Waals surface area contributed by atoms with Gasteiger partial charge >= 0.3 is 0 Å². The van der Waals surface area contributed by atoms with Crippen LogP contribution in [0, 0.1) is 0 Å². The minimum atomic E-state index is 0.473. The fourth-order valence-electron chi connectivity index (χ4n) is 2.94. The molecule has 0 aromatic heterocycles. The molecule has 2 N–H and O–H groups in total. The predicted octanol–water partition coefficient (Wildman–Crippen LogP) is 2.69. The monoisotopic (exact) mass is 282 g/mol. The van der Waals surface area contributed by atoms with Gasteiger partial charge in [-0.05, 0) is 45.8 Å². The Morgan fingerprint density at radius 3 is 2.20 bits per heavy atom. The highest BCUT2D eigenvalue weighted by Crippen LogP contribution is 2.20. The summed E-state index contributed by atoms with van der Waals surface area (Å²) in [4.78, 5) is 9.45. The maximum absolute atomic E-state index is 6.20. The van der Waals surface area contributed by atoms with Gasteiger partial charge in [0.2, 0.25) is 0 Å². The molecule has 1 aliphatic carbocycles. The Morgan fingerprint density at radius 2 is 1.65 bits per heavy atom. The van der Waals surface area contributed by atoms with Crippen molar-refractivity contribution in [3.63, 3.8) is 0 Å². The molecule has 0 aromatic carbocycles. The van der Waals surface area contributed by atoms with E-state index in [1.807, 2.05) is 0 Å². The highest BCUT2D eigenvalue weighted by atomic mass is 15.3. The number of rotatable bonds is 8. The number of nitrogens with two attached hydrogens (primary N) is 1. The first kappa shape index (κ1) is 17.3. The van der Waals surface area contributed by atoms with Crippen LogP contribution in [0.2, 0.25) is 0 Å². The van der Waals surface area contributed by atoms with Crippen LogP contribution in [0.25, 0.3) is 0 Å². The smallest absolute Gasteiger partial charge is 0.191 e. The van der Waals surface area contributed by atoms with Crippen LogP contribution in [0.1, 0.15) is 59.3 Å². The number of aliphatic imine (C=N–C) groups is 1. The van der Waals surface area contributed by atoms with Gasteiger partial charge in [0.05, 0.1) is 6.04 Å². The summed E-state index contributed by atoms with van der Waals surface area (Å²) in [5.74, 6) is 0.763. The Kier molecular flexibility index (Phi) is 8.67. The van der Waals surface area contributed by atoms with Gasteiger partial charge in [-0.25, -0.2) is 4.99 Å². The van der Waals surface area contributed by atoms with Crippen molar-refractivity contribution in [2.75, 3.05) is 32.7 Å². The minimum absolute atomic E-state index is 0.473. The topological polar surface area (TPSA) is 44.9 Å². The third-order valence-corrected chi connectivity index (χ3v) is 4.39. The molecule has 0 amide bonds. The average molecular weight is 282 g/mol. The van der Waals surface area contributed by atoms with Crippen LogP contribution in [0.4, 0.5) is 0 Å². The van der Waals surface area contributed by atoms with Crippen LogP contribution < -0.4 is 5.73 Å². The Morgan fingerprint density at radius 1 is 1.00 bits per heavy atom. The van der Waals surface area contributed by atoms with Crippen LogP contribution in [-0.2, 0) is 0 Å². The Labute approximate surface area is 125 Å². The summed E-state index contributed by atoms with van der Waals surface area (Å²) in [5, 5.41) is 0. The van der Waals surface area contributed by atoms with Crippen molar-refractivity contribution in [3.8, 4) is 0 Å². The fraction of sp³-hybridized carbons (Fsp3) is 0.938. The van der Waals surface area contributed by atoms with Gasteiger partial charge in [0.25, 0.3) is 0 Å². The van der Waals surface area contributed by atoms with Gasteiger partial charge in [0.1, 0.15) is 0 Å². The fourth-order valence-corrected chi connectivity index (χ4v) is 2.94. The van der Waals surface area contributed by atoms with Crippen molar-refractivity contribution >= 4 is 5.96 Å². The molecule has 0 radical (unpaired) electrons. The molecule has 1 aliphatic rings. The summed E-state index contributed by atoms with van der Waals surface area (Å²) in [6, 6.07) is 0.473. The molecule has 0 saturated heterocycles. The van der Waals surface area contributed by atoms with Gasteiger partial charge in [-0.2, -0.15) is 0 Å². The van der Waals surface area contributed by atoms with E-state index in [1.165, 1.54) is 32.1 Å². The average Bonchev–Trinajstić information content (AvgIpc) is 2.48. The number of hydrogen-bond donors (Lipinski definition) is 1. The Balaban J connectivity index is 2.37. The molecule has 0 unspecified atom stereocenters. The van der Waals surface area contributed by atoms with Gasteiger partial charge < -0.3 is 15.5 Å². The molecule has 20 heavy (non-hydrogen) atoms. The van der Waals surface area contributed by atoms with E-state index in [1.54, 1.807) is 0 Å². The van der Waals surface area contributed by atoms with Crippen LogP contribution in [0.15, 0.2) is 4.99 Å². The lowest BCUT2D eigenvalue weighted by molar-refractivity contribution is 0.282. The van der Waals surface area contributed by atoms with Crippen molar-refractivity contribution in [3.05, 3.63) is 0 Å². The van der Waals surface area contributed by atoms with E-state index in [0.717, 1.165) is 45.1 Å². The summed E-state index contributed by atoms with van der Waals surface area (Å²) in [6.07, 6.45) is 7.60. The standard InChI is InChI=1S/C16H34N4/c1-4-19(5-2)13-10-14-20(6-3)16(17)18-15-11-8-7-9-12-15/h15H,4-14H2,1-3H3,(H2,17,18). The zero-order valence-corrected chi connectivity index (χ0v) is 13.8. The van der Waals surface area contributed by atoms with E-state index in [2.05, 4.69) is 30.6 Å². The molecule has 1 fully saturated rings. The highest BCUT2D eigenvalue weighted by Gasteiger charge is 2.14. The minimum Gasteiger partial charge on any atom is -0.370 e. The van der Waals surface area contributed by atoms with Crippen molar-refractivity contribution < 1.29 is 0 Å². The van der Waals surface area contributed by atoms with E-state index < -0.39 is 0 Å². The largest absolute Gasteiger partial charge is 0.370 e. The van der Waals surface area contributed by atoms with E-state index >= 15 is 0 Å². The number of hydrogen-bond acceptors (Lipinski definition) is 2. The summed E-state index contributed by atoms with van der Waals surface area (Å²) in [7, 11) is 0. The molecule has 0 aliphatic heterocycles. The second-order valence-corrected chi connectivity index (χ2v) is 5.74. The van der Waals surface area contributed by atoms with E-state index in [9.17, 15) is 0 Å². The van der Waals surface area contributed by atoms with Gasteiger partial charge in [-0.1, -0.05) is 33.1 Å². The maximum atomic E-state index is 6.20. The lowest BCUT2D eigenvalue weighted by Crippen LogP contribution is -2.40. The van der Waals surface area contributed by atoms with E-state index in [-0.39, 0.29) is 0 Å². The third-order valence-electron chi connectivity index (χ3n) is 4.39. The van der Waals surface area contributed by atoms with Crippen molar-refractivity contribution in [1.29, 1.82) is 0 Å². The number of guanidine groups is 1. The molecule has 0 spiro atoms. The first-order valence-electron chi connectivity index (χ1n) is 8.51. The molecule has 4 nitrogen and oxygen atoms in total. The van der Waals surface area contributed by atoms with Crippen LogP contribution in [-0.4, -0.2) is 54.5 Å². The van der Waals surface area contributed by atoms with E-state index in [0.29, 0.717) is 6.04 Å². The zero-order valence-electron chi connectivity index (χ0n) is 13.8. The molecule has 118 valence electrons. The normalized spacial score (nSPS) is 17.7. The summed E-state index contributed by atoms with van der Waals surface area (Å²) in [5.41, 5.74) is 6.20. The molecule has 0 atom stereocenters. The number of nitrogens with zero attached hydrogens (tertiary/aromatic N) is 3. The van der Waals surface area contributed by atoms with Gasteiger partial charge in [0.15, 0.2) is 5.96 Å². The third kappa shape index (κ3) is 6.12. The van der Waals surface area contributed by atoms with Crippen molar-refractivity contribution in [2.45, 2.75) is 65.3 Å². The van der Waals surface area contributed by atoms with Gasteiger partial charge in [-0.15, -0.1) is 0 Å². The molecule has 1 saturated carbocycles. The summed E-state index contributed by atoms with van der Waals surface area (Å²) < 4.78 is 0. The molecule has 1 rings (SSSR count). The van der Waals surface area contributed by atoms with Crippen molar-refractivity contribution in [1.82, 2.24) is 9.80 Å². The van der Waals surface area contributed by atoms with Crippen LogP contribution in [0.5, 0.6) is 0 Å². The lowest BCUT2D eigenvalue weighted by Gasteiger charge is -2.26. The molecule has 0 bridgehead atoms. The molecule has 0 heterocycles. The highest BCUT2D eigenvalue weighted by molar-refractivity contribution is 5.78. The van der Waals surface area contributed by atoms with Gasteiger partial charge in [-0.3, -0.25) is 0 Å². The molecule has 0 aromatic rings. The van der Waals surface area contributed by atoms with Crippen LogP contribution in [0.3, 0.4) is 0 Å². The lowest BCUT2D eigenvalue weighted by atomic mass is 9.96. The first-order valence-corrected chi connectivity index (χ1v) is 8.51. The van der Waals surface area contributed by atoms with Gasteiger partial charge in [0, 0.05) is 13.1 Å². The molecular formula is C16H34N4. The van der Waals surface area contributed by atoms with E-state index in [4.69, 9.17) is 10.7 Å². The van der Waals surface area contributed by atoms with Crippen LogP contribution >= 0.6 is 0 Å². The zero-order chi connectivity index (χ0) is 14.8. The predicted molar refractivity (Wildman–Crippen MR) is 88.1 cm³/mol. The maximum Gasteiger partial charge on any atom is 0.191 e. The Bertz CT molecular complexity index is 268. The second kappa shape index (κ2) is 10.0. The summed E-state index contributed by atoms with van der Waals surface area (Å²) >= 11 is 0. The SMILES string of the molecule is CCN(CC)CCCN(CC)C(N)=NC1CCCCC1.